The zero-order valence-corrected chi connectivity index (χ0v) is 4.94. The highest BCUT2D eigenvalue weighted by atomic mass is 35.5. The topological polar surface area (TPSA) is 64.7 Å². The van der Waals surface area contributed by atoms with Crippen LogP contribution in [-0.4, -0.2) is 5.24 Å². The van der Waals surface area contributed by atoms with E-state index in [1.807, 2.05) is 0 Å². The summed E-state index contributed by atoms with van der Waals surface area (Å²) in [5.41, 5.74) is 0. The summed E-state index contributed by atoms with van der Waals surface area (Å²) in [5, 5.41) is 14.2. The van der Waals surface area contributed by atoms with Gasteiger partial charge in [-0.25, -0.2) is 0 Å². The molecule has 0 atom stereocenters. The van der Waals surface area contributed by atoms with E-state index in [4.69, 9.17) is 10.5 Å². The number of nitriles is 2. The monoisotopic (exact) mass is 130 g/mol. The molecule has 0 saturated heterocycles. The standard InChI is InChI=1S/C2H3ClO.C2N2/c1-2(3)4;3-1-2-4/h1H3;. The van der Waals surface area contributed by atoms with Gasteiger partial charge in [-0.05, 0) is 11.6 Å². The second kappa shape index (κ2) is 9.34. The summed E-state index contributed by atoms with van der Waals surface area (Å²) < 4.78 is 0. The molecule has 0 aliphatic heterocycles. The number of rotatable bonds is 0. The molecule has 0 aromatic heterocycles. The van der Waals surface area contributed by atoms with Gasteiger partial charge in [-0.15, -0.1) is 0 Å². The smallest absolute Gasteiger partial charge is 0.218 e. The fourth-order valence-corrected chi connectivity index (χ4v) is 0. The number of carbonyl (C=O) groups is 1. The van der Waals surface area contributed by atoms with Crippen molar-refractivity contribution in [1.29, 1.82) is 10.5 Å². The van der Waals surface area contributed by atoms with Crippen LogP contribution in [0, 0.1) is 22.7 Å². The van der Waals surface area contributed by atoms with Crippen LogP contribution in [-0.2, 0) is 4.79 Å². The molecule has 0 spiro atoms. The Morgan fingerprint density at radius 2 is 1.62 bits per heavy atom. The second-order valence-corrected chi connectivity index (χ2v) is 1.23. The molecule has 0 unspecified atom stereocenters. The minimum absolute atomic E-state index is 0.361. The van der Waals surface area contributed by atoms with Crippen molar-refractivity contribution in [2.75, 3.05) is 0 Å². The van der Waals surface area contributed by atoms with E-state index in [0.717, 1.165) is 0 Å². The molecule has 0 aromatic rings. The van der Waals surface area contributed by atoms with Gasteiger partial charge >= 0.3 is 0 Å². The van der Waals surface area contributed by atoms with Crippen LogP contribution < -0.4 is 0 Å². The van der Waals surface area contributed by atoms with E-state index in [2.05, 4.69) is 11.6 Å². The first-order chi connectivity index (χ1) is 3.65. The first-order valence-electron chi connectivity index (χ1n) is 1.59. The number of halogens is 1. The van der Waals surface area contributed by atoms with Crippen molar-refractivity contribution >= 4 is 16.8 Å². The van der Waals surface area contributed by atoms with Gasteiger partial charge in [0.2, 0.25) is 5.24 Å². The fourth-order valence-electron chi connectivity index (χ4n) is 0. The van der Waals surface area contributed by atoms with E-state index in [-0.39, 0.29) is 5.24 Å². The number of nitrogens with zero attached hydrogens (tertiary/aromatic N) is 2. The van der Waals surface area contributed by atoms with Crippen molar-refractivity contribution in [3.63, 3.8) is 0 Å². The summed E-state index contributed by atoms with van der Waals surface area (Å²) in [5.74, 6) is 0. The molecule has 0 aliphatic carbocycles. The zero-order valence-electron chi connectivity index (χ0n) is 4.18. The molecule has 0 N–H and O–H groups in total. The van der Waals surface area contributed by atoms with Crippen LogP contribution in [0.4, 0.5) is 0 Å². The van der Waals surface area contributed by atoms with Crippen molar-refractivity contribution in [3.05, 3.63) is 0 Å². The van der Waals surface area contributed by atoms with Crippen LogP contribution in [0.25, 0.3) is 0 Å². The van der Waals surface area contributed by atoms with Crippen molar-refractivity contribution in [3.8, 4) is 12.1 Å². The molecule has 0 heterocycles. The summed E-state index contributed by atoms with van der Waals surface area (Å²) in [6.07, 6.45) is 0. The Hall–Kier alpha value is -1.06. The van der Waals surface area contributed by atoms with Gasteiger partial charge in [0.25, 0.3) is 0 Å². The minimum atomic E-state index is -0.361. The molecule has 4 heteroatoms. The molecule has 0 aliphatic rings. The molecule has 8 heavy (non-hydrogen) atoms. The van der Waals surface area contributed by atoms with Crippen LogP contribution >= 0.6 is 11.6 Å². The van der Waals surface area contributed by atoms with Crippen molar-refractivity contribution in [2.24, 2.45) is 0 Å². The van der Waals surface area contributed by atoms with E-state index in [1.54, 1.807) is 0 Å². The zero-order chi connectivity index (χ0) is 6.99. The van der Waals surface area contributed by atoms with Crippen LogP contribution in [0.1, 0.15) is 6.92 Å². The maximum Gasteiger partial charge on any atom is 0.218 e. The highest BCUT2D eigenvalue weighted by Crippen LogP contribution is 1.67. The number of carbonyl (C=O) groups excluding carboxylic acids is 1. The third-order valence-electron chi connectivity index (χ3n) is 0.0500. The molecule has 42 valence electrons. The lowest BCUT2D eigenvalue weighted by Crippen LogP contribution is -1.62. The maximum absolute atomic E-state index is 9.21. The van der Waals surface area contributed by atoms with Gasteiger partial charge in [0.1, 0.15) is 0 Å². The predicted octanol–water partition coefficient (Wildman–Crippen LogP) is 0.805. The molecule has 0 aromatic carbocycles. The summed E-state index contributed by atoms with van der Waals surface area (Å²) in [7, 11) is 0. The summed E-state index contributed by atoms with van der Waals surface area (Å²) in [6.45, 7) is 1.29. The Balaban J connectivity index is 0. The molecular formula is C4H3ClN2O. The average Bonchev–Trinajstić information content (AvgIpc) is 1.65. The number of hydrogen-bond acceptors (Lipinski definition) is 3. The maximum atomic E-state index is 9.21. The fraction of sp³-hybridized carbons (Fsp3) is 0.250. The Kier molecular flexibility index (Phi) is 11.7. The Bertz CT molecular complexity index is 125. The van der Waals surface area contributed by atoms with Gasteiger partial charge in [-0.3, -0.25) is 4.79 Å². The van der Waals surface area contributed by atoms with Gasteiger partial charge in [-0.2, -0.15) is 10.5 Å². The van der Waals surface area contributed by atoms with E-state index >= 15 is 0 Å². The largest absolute Gasteiger partial charge is 0.282 e. The number of hydrogen-bond donors (Lipinski definition) is 0. The lowest BCUT2D eigenvalue weighted by Gasteiger charge is -1.52. The molecule has 0 bridgehead atoms. The lowest BCUT2D eigenvalue weighted by atomic mass is 10.9. The van der Waals surface area contributed by atoms with E-state index in [9.17, 15) is 4.79 Å². The van der Waals surface area contributed by atoms with Gasteiger partial charge in [0.05, 0.1) is 0 Å². The molecule has 0 fully saturated rings. The molecule has 3 nitrogen and oxygen atoms in total. The van der Waals surface area contributed by atoms with Crippen LogP contribution in [0.15, 0.2) is 0 Å². The Labute approximate surface area is 52.1 Å². The average molecular weight is 131 g/mol. The summed E-state index contributed by atoms with van der Waals surface area (Å²) in [4.78, 5) is 9.21. The second-order valence-electron chi connectivity index (χ2n) is 0.694. The first kappa shape index (κ1) is 10.0. The van der Waals surface area contributed by atoms with Gasteiger partial charge in [0.15, 0.2) is 12.1 Å². The highest BCUT2D eigenvalue weighted by Gasteiger charge is 1.67. The molecule has 0 amide bonds. The van der Waals surface area contributed by atoms with Crippen molar-refractivity contribution < 1.29 is 4.79 Å². The first-order valence-corrected chi connectivity index (χ1v) is 1.97. The minimum Gasteiger partial charge on any atom is -0.282 e. The predicted molar refractivity (Wildman–Crippen MR) is 27.8 cm³/mol. The van der Waals surface area contributed by atoms with E-state index in [0.29, 0.717) is 0 Å². The van der Waals surface area contributed by atoms with Crippen LogP contribution in [0.3, 0.4) is 0 Å². The normalized spacial score (nSPS) is 4.50. The molecule has 0 radical (unpaired) electrons. The van der Waals surface area contributed by atoms with Gasteiger partial charge in [0, 0.05) is 6.92 Å². The van der Waals surface area contributed by atoms with E-state index in [1.165, 1.54) is 19.1 Å². The highest BCUT2D eigenvalue weighted by molar-refractivity contribution is 6.62. The lowest BCUT2D eigenvalue weighted by molar-refractivity contribution is -0.109. The van der Waals surface area contributed by atoms with Crippen LogP contribution in [0.5, 0.6) is 0 Å². The quantitative estimate of drug-likeness (QED) is 0.456. The third kappa shape index (κ3) is 21300. The Morgan fingerprint density at radius 1 is 1.50 bits per heavy atom. The SMILES string of the molecule is CC(=O)Cl.N#CC#N. The van der Waals surface area contributed by atoms with Gasteiger partial charge < -0.3 is 0 Å². The van der Waals surface area contributed by atoms with E-state index < -0.39 is 0 Å². The summed E-state index contributed by atoms with van der Waals surface area (Å²) >= 11 is 4.64. The van der Waals surface area contributed by atoms with Crippen molar-refractivity contribution in [1.82, 2.24) is 0 Å². The molecule has 0 saturated carbocycles. The third-order valence-corrected chi connectivity index (χ3v) is 0.0500. The molecule has 0 rings (SSSR count). The molecular weight excluding hydrogens is 128 g/mol. The summed E-state index contributed by atoms with van der Waals surface area (Å²) in [6, 6.07) is 2.47. The Morgan fingerprint density at radius 3 is 1.62 bits per heavy atom. The van der Waals surface area contributed by atoms with Crippen LogP contribution in [0.2, 0.25) is 0 Å². The van der Waals surface area contributed by atoms with Crippen molar-refractivity contribution in [2.45, 2.75) is 6.92 Å². The van der Waals surface area contributed by atoms with Gasteiger partial charge in [-0.1, -0.05) is 0 Å².